The van der Waals surface area contributed by atoms with Gasteiger partial charge in [-0.05, 0) is 78.6 Å². The molecular formula is C33H35N5O2S2. The van der Waals surface area contributed by atoms with Gasteiger partial charge in [-0.15, -0.1) is 11.8 Å². The number of aliphatic imine (C=N–C) groups is 1. The summed E-state index contributed by atoms with van der Waals surface area (Å²) in [5, 5.41) is 13.5. The average molecular weight is 598 g/mol. The SMILES string of the molecule is CCNc1ccc(C#N)cc1CCN=C1S/C(=C2\CCSc3ccc(OC)cc3N(C)C2)C(=O)N1Cc1ccccc1. The second kappa shape index (κ2) is 13.9. The Morgan fingerprint density at radius 1 is 1.12 bits per heavy atom. The quantitative estimate of drug-likeness (QED) is 0.295. The van der Waals surface area contributed by atoms with Crippen LogP contribution in [0.4, 0.5) is 11.4 Å². The van der Waals surface area contributed by atoms with Crippen LogP contribution in [0.15, 0.2) is 87.1 Å². The number of likely N-dealkylation sites (N-methyl/N-ethyl adjacent to an activating group) is 1. The minimum atomic E-state index is 0.0160. The lowest BCUT2D eigenvalue weighted by atomic mass is 10.1. The molecule has 9 heteroatoms. The van der Waals surface area contributed by atoms with Crippen LogP contribution in [-0.4, -0.2) is 55.5 Å². The van der Waals surface area contributed by atoms with Gasteiger partial charge in [-0.25, -0.2) is 0 Å². The molecule has 0 spiro atoms. The highest BCUT2D eigenvalue weighted by atomic mass is 32.2. The maximum absolute atomic E-state index is 14.0. The van der Waals surface area contributed by atoms with E-state index in [-0.39, 0.29) is 5.91 Å². The molecule has 0 saturated carbocycles. The molecule has 3 aromatic carbocycles. The van der Waals surface area contributed by atoms with Crippen LogP contribution in [0.5, 0.6) is 5.75 Å². The number of hydrogen-bond acceptors (Lipinski definition) is 8. The Kier molecular flexibility index (Phi) is 9.78. The Hall–Kier alpha value is -3.87. The van der Waals surface area contributed by atoms with Crippen molar-refractivity contribution in [1.29, 1.82) is 5.26 Å². The van der Waals surface area contributed by atoms with Crippen molar-refractivity contribution >= 4 is 46.0 Å². The molecule has 3 aromatic rings. The van der Waals surface area contributed by atoms with Crippen LogP contribution in [0, 0.1) is 11.3 Å². The van der Waals surface area contributed by atoms with E-state index in [0.717, 1.165) is 62.6 Å². The highest BCUT2D eigenvalue weighted by molar-refractivity contribution is 8.18. The second-order valence-corrected chi connectivity index (χ2v) is 12.2. The molecule has 2 aliphatic rings. The van der Waals surface area contributed by atoms with Crippen LogP contribution < -0.4 is 15.0 Å². The third-order valence-electron chi connectivity index (χ3n) is 7.26. The van der Waals surface area contributed by atoms with Crippen molar-refractivity contribution in [3.05, 3.63) is 93.9 Å². The summed E-state index contributed by atoms with van der Waals surface area (Å²) in [6, 6.07) is 24.2. The molecule has 0 bridgehead atoms. The summed E-state index contributed by atoms with van der Waals surface area (Å²) in [6.07, 6.45) is 1.49. The largest absolute Gasteiger partial charge is 0.497 e. The van der Waals surface area contributed by atoms with Gasteiger partial charge in [0, 0.05) is 49.1 Å². The second-order valence-electron chi connectivity index (χ2n) is 10.1. The number of carbonyl (C=O) groups is 1. The standard InChI is InChI=1S/C33H35N5O2S2/c1-4-35-28-12-10-24(20-34)18-25(28)14-16-36-33-38(21-23-8-6-5-7-9-23)32(39)31(42-33)26-15-17-41-30-13-11-27(40-3)19-29(30)37(2)22-26/h5-13,18-19,35H,4,14-17,21-22H2,1-3H3/b31-26+,36-33?. The molecule has 0 aliphatic carbocycles. The molecule has 0 aromatic heterocycles. The zero-order valence-electron chi connectivity index (χ0n) is 24.2. The number of nitrogens with zero attached hydrogens (tertiary/aromatic N) is 4. The number of carbonyl (C=O) groups excluding carboxylic acids is 1. The van der Waals surface area contributed by atoms with Crippen molar-refractivity contribution in [3.8, 4) is 11.8 Å². The first kappa shape index (κ1) is 29.6. The first-order chi connectivity index (χ1) is 20.5. The number of fused-ring (bicyclic) bond motifs is 1. The van der Waals surface area contributed by atoms with E-state index in [1.165, 1.54) is 16.7 Å². The fraction of sp³-hybridized carbons (Fsp3) is 0.303. The van der Waals surface area contributed by atoms with Crippen LogP contribution in [0.25, 0.3) is 0 Å². The minimum absolute atomic E-state index is 0.0160. The Labute approximate surface area is 256 Å². The van der Waals surface area contributed by atoms with Gasteiger partial charge in [0.15, 0.2) is 5.17 Å². The molecule has 0 radical (unpaired) electrons. The van der Waals surface area contributed by atoms with Gasteiger partial charge >= 0.3 is 0 Å². The predicted molar refractivity (Wildman–Crippen MR) is 175 cm³/mol. The highest BCUT2D eigenvalue weighted by Crippen LogP contribution is 2.40. The number of hydrogen-bond donors (Lipinski definition) is 1. The molecule has 2 heterocycles. The van der Waals surface area contributed by atoms with Crippen molar-refractivity contribution in [1.82, 2.24) is 4.90 Å². The fourth-order valence-corrected chi connectivity index (χ4v) is 7.32. The van der Waals surface area contributed by atoms with Gasteiger partial charge < -0.3 is 15.0 Å². The van der Waals surface area contributed by atoms with Crippen molar-refractivity contribution < 1.29 is 9.53 Å². The van der Waals surface area contributed by atoms with E-state index in [9.17, 15) is 10.1 Å². The molecule has 2 aliphatic heterocycles. The number of nitriles is 1. The highest BCUT2D eigenvalue weighted by Gasteiger charge is 2.36. The Balaban J connectivity index is 1.43. The first-order valence-electron chi connectivity index (χ1n) is 14.1. The van der Waals surface area contributed by atoms with Crippen molar-refractivity contribution in [2.75, 3.05) is 49.8 Å². The van der Waals surface area contributed by atoms with E-state index >= 15 is 0 Å². The summed E-state index contributed by atoms with van der Waals surface area (Å²) in [6.45, 7) is 4.50. The third kappa shape index (κ3) is 6.77. The number of nitrogens with one attached hydrogen (secondary N) is 1. The number of amides is 1. The Bertz CT molecular complexity index is 1550. The van der Waals surface area contributed by atoms with Gasteiger partial charge in [0.05, 0.1) is 35.9 Å². The monoisotopic (exact) mass is 597 g/mol. The lowest BCUT2D eigenvalue weighted by Gasteiger charge is -2.27. The third-order valence-corrected chi connectivity index (χ3v) is 9.53. The van der Waals surface area contributed by atoms with Crippen molar-refractivity contribution in [2.24, 2.45) is 4.99 Å². The van der Waals surface area contributed by atoms with Gasteiger partial charge in [-0.3, -0.25) is 14.7 Å². The maximum atomic E-state index is 14.0. The molecule has 42 heavy (non-hydrogen) atoms. The molecule has 0 atom stereocenters. The molecule has 1 amide bonds. The van der Waals surface area contributed by atoms with E-state index in [1.807, 2.05) is 71.3 Å². The zero-order valence-corrected chi connectivity index (χ0v) is 25.9. The van der Waals surface area contributed by atoms with Gasteiger partial charge in [0.25, 0.3) is 5.91 Å². The number of thioether (sulfide) groups is 2. The molecule has 0 unspecified atom stereocenters. The number of anilines is 2. The summed E-state index contributed by atoms with van der Waals surface area (Å²) in [5.74, 6) is 1.73. The normalized spacial score (nSPS) is 18.0. The Morgan fingerprint density at radius 3 is 2.71 bits per heavy atom. The molecule has 216 valence electrons. The number of amidine groups is 1. The van der Waals surface area contributed by atoms with Gasteiger partial charge in [0.2, 0.25) is 0 Å². The first-order valence-corrected chi connectivity index (χ1v) is 15.9. The van der Waals surface area contributed by atoms with E-state index in [1.54, 1.807) is 7.11 Å². The summed E-state index contributed by atoms with van der Waals surface area (Å²) >= 11 is 3.30. The average Bonchev–Trinajstić information content (AvgIpc) is 3.31. The van der Waals surface area contributed by atoms with Crippen molar-refractivity contribution in [3.63, 3.8) is 0 Å². The van der Waals surface area contributed by atoms with Gasteiger partial charge in [0.1, 0.15) is 5.75 Å². The summed E-state index contributed by atoms with van der Waals surface area (Å²) in [7, 11) is 3.76. The molecule has 1 saturated heterocycles. The van der Waals surface area contributed by atoms with Gasteiger partial charge in [-0.2, -0.15) is 5.26 Å². The van der Waals surface area contributed by atoms with Crippen LogP contribution in [0.2, 0.25) is 0 Å². The molecule has 1 fully saturated rings. The number of rotatable bonds is 8. The molecule has 5 rings (SSSR count). The summed E-state index contributed by atoms with van der Waals surface area (Å²) in [5.41, 5.74) is 6.01. The van der Waals surface area contributed by atoms with E-state index in [4.69, 9.17) is 9.73 Å². The van der Waals surface area contributed by atoms with Crippen LogP contribution in [0.1, 0.15) is 30.0 Å². The smallest absolute Gasteiger partial charge is 0.267 e. The molecular weight excluding hydrogens is 563 g/mol. The minimum Gasteiger partial charge on any atom is -0.497 e. The number of methoxy groups -OCH3 is 1. The maximum Gasteiger partial charge on any atom is 0.267 e. The Morgan fingerprint density at radius 2 is 1.95 bits per heavy atom. The zero-order chi connectivity index (χ0) is 29.5. The fourth-order valence-electron chi connectivity index (χ4n) is 5.12. The predicted octanol–water partition coefficient (Wildman–Crippen LogP) is 6.56. The van der Waals surface area contributed by atoms with E-state index in [0.29, 0.717) is 31.6 Å². The summed E-state index contributed by atoms with van der Waals surface area (Å²) in [4.78, 5) is 25.0. The topological polar surface area (TPSA) is 81.0 Å². The lowest BCUT2D eigenvalue weighted by Crippen LogP contribution is -2.30. The molecule has 1 N–H and O–H groups in total. The van der Waals surface area contributed by atoms with Crippen LogP contribution in [-0.2, 0) is 17.8 Å². The van der Waals surface area contributed by atoms with Crippen molar-refractivity contribution in [2.45, 2.75) is 31.2 Å². The number of benzene rings is 3. The number of ether oxygens (including phenoxy) is 1. The summed E-state index contributed by atoms with van der Waals surface area (Å²) < 4.78 is 5.48. The van der Waals surface area contributed by atoms with Crippen LogP contribution in [0.3, 0.4) is 0 Å². The molecule has 7 nitrogen and oxygen atoms in total. The van der Waals surface area contributed by atoms with Crippen LogP contribution >= 0.6 is 23.5 Å². The van der Waals surface area contributed by atoms with E-state index in [2.05, 4.69) is 42.4 Å². The van der Waals surface area contributed by atoms with Gasteiger partial charge in [-0.1, -0.05) is 30.3 Å². The van der Waals surface area contributed by atoms with E-state index < -0.39 is 0 Å². The lowest BCUT2D eigenvalue weighted by molar-refractivity contribution is -0.122.